The van der Waals surface area contributed by atoms with Gasteiger partial charge in [0, 0.05) is 17.0 Å². The summed E-state index contributed by atoms with van der Waals surface area (Å²) in [5, 5.41) is 12.4. The molecule has 2 N–H and O–H groups in total. The maximum Gasteiger partial charge on any atom is 0.416 e. The molecule has 0 radical (unpaired) electrons. The van der Waals surface area contributed by atoms with Crippen LogP contribution in [-0.2, 0) is 6.18 Å². The third-order valence-corrected chi connectivity index (χ3v) is 3.64. The Morgan fingerprint density at radius 3 is 2.62 bits per heavy atom. The average Bonchev–Trinajstić information content (AvgIpc) is 2.61. The van der Waals surface area contributed by atoms with Crippen molar-refractivity contribution in [3.8, 4) is 11.5 Å². The van der Waals surface area contributed by atoms with E-state index in [0.29, 0.717) is 17.2 Å². The van der Waals surface area contributed by atoms with Crippen molar-refractivity contribution in [1.29, 1.82) is 0 Å². The van der Waals surface area contributed by atoms with Crippen LogP contribution in [0.4, 0.5) is 13.2 Å². The lowest BCUT2D eigenvalue weighted by atomic mass is 10.1. The zero-order valence-electron chi connectivity index (χ0n) is 13.2. The van der Waals surface area contributed by atoms with Crippen molar-refractivity contribution in [3.05, 3.63) is 66.0 Å². The van der Waals surface area contributed by atoms with Gasteiger partial charge < -0.3 is 15.2 Å². The van der Waals surface area contributed by atoms with Crippen LogP contribution in [0.5, 0.6) is 11.5 Å². The second kappa shape index (κ2) is 7.01. The predicted octanol–water partition coefficient (Wildman–Crippen LogP) is 3.73. The molecule has 8 heteroatoms. The number of aliphatic hydroxyl groups is 1. The van der Waals surface area contributed by atoms with Gasteiger partial charge in [0.2, 0.25) is 0 Å². The number of rotatable bonds is 4. The van der Waals surface area contributed by atoms with Gasteiger partial charge in [0.25, 0.3) is 5.91 Å². The fourth-order valence-corrected chi connectivity index (χ4v) is 2.43. The number of ether oxygens (including phenoxy) is 1. The molecule has 0 saturated heterocycles. The Kier molecular flexibility index (Phi) is 4.77. The van der Waals surface area contributed by atoms with Crippen molar-refractivity contribution < 1.29 is 27.8 Å². The van der Waals surface area contributed by atoms with Crippen LogP contribution < -0.4 is 10.1 Å². The third-order valence-electron chi connectivity index (χ3n) is 3.64. The van der Waals surface area contributed by atoms with Gasteiger partial charge in [-0.3, -0.25) is 9.78 Å². The minimum atomic E-state index is -4.62. The van der Waals surface area contributed by atoms with Gasteiger partial charge in [0.05, 0.1) is 17.3 Å². The number of halogens is 3. The van der Waals surface area contributed by atoms with Crippen LogP contribution in [0, 0.1) is 0 Å². The topological polar surface area (TPSA) is 71.5 Å². The van der Waals surface area contributed by atoms with E-state index >= 15 is 0 Å². The molecule has 0 aliphatic carbocycles. The molecule has 1 heterocycles. The number of nitrogens with one attached hydrogen (secondary N) is 1. The summed E-state index contributed by atoms with van der Waals surface area (Å²) in [6.07, 6.45) is -1.59. The first kappa shape index (κ1) is 17.7. The molecule has 2 aromatic carbocycles. The Morgan fingerprint density at radius 1 is 1.12 bits per heavy atom. The van der Waals surface area contributed by atoms with Crippen molar-refractivity contribution in [1.82, 2.24) is 10.3 Å². The second-order valence-electron chi connectivity index (χ2n) is 5.33. The van der Waals surface area contributed by atoms with E-state index in [9.17, 15) is 18.0 Å². The lowest BCUT2D eigenvalue weighted by Gasteiger charge is -2.14. The standard InChI is InChI=1S/C18H13F3N2O3/c19-18(20,21)12-5-6-15(14(7-12)17(25)23-10-24)26-16-9-22-8-11-3-1-2-4-13(11)16/h1-9,24H,10H2,(H,23,25). The van der Waals surface area contributed by atoms with Crippen molar-refractivity contribution >= 4 is 16.7 Å². The van der Waals surface area contributed by atoms with E-state index in [1.165, 1.54) is 6.20 Å². The number of hydrogen-bond donors (Lipinski definition) is 2. The maximum absolute atomic E-state index is 13.0. The number of pyridine rings is 1. The van der Waals surface area contributed by atoms with Crippen LogP contribution in [0.3, 0.4) is 0 Å². The number of amides is 1. The number of alkyl halides is 3. The van der Waals surface area contributed by atoms with Crippen molar-refractivity contribution in [2.45, 2.75) is 6.18 Å². The third kappa shape index (κ3) is 3.60. The molecule has 0 aliphatic heterocycles. The molecule has 26 heavy (non-hydrogen) atoms. The Hall–Kier alpha value is -3.13. The fraction of sp³-hybridized carbons (Fsp3) is 0.111. The van der Waals surface area contributed by atoms with Gasteiger partial charge in [-0.2, -0.15) is 13.2 Å². The molecular formula is C18H13F3N2O3. The highest BCUT2D eigenvalue weighted by atomic mass is 19.4. The molecule has 0 fully saturated rings. The smallest absolute Gasteiger partial charge is 0.416 e. The van der Waals surface area contributed by atoms with Crippen molar-refractivity contribution in [2.24, 2.45) is 0 Å². The molecule has 3 aromatic rings. The molecule has 0 spiro atoms. The molecule has 0 saturated carbocycles. The first-order chi connectivity index (χ1) is 12.4. The summed E-state index contributed by atoms with van der Waals surface area (Å²) < 4.78 is 44.5. The summed E-state index contributed by atoms with van der Waals surface area (Å²) in [5.74, 6) is -0.676. The summed E-state index contributed by atoms with van der Waals surface area (Å²) >= 11 is 0. The first-order valence-electron chi connectivity index (χ1n) is 7.51. The van der Waals surface area contributed by atoms with Gasteiger partial charge in [-0.25, -0.2) is 0 Å². The summed E-state index contributed by atoms with van der Waals surface area (Å²) in [6, 6.07) is 9.73. The summed E-state index contributed by atoms with van der Waals surface area (Å²) in [5.41, 5.74) is -1.34. The molecule has 0 unspecified atom stereocenters. The largest absolute Gasteiger partial charge is 0.454 e. The maximum atomic E-state index is 13.0. The zero-order chi connectivity index (χ0) is 18.7. The highest BCUT2D eigenvalue weighted by Crippen LogP contribution is 2.35. The molecule has 1 aromatic heterocycles. The van der Waals surface area contributed by atoms with Crippen LogP contribution in [-0.4, -0.2) is 22.7 Å². The van der Waals surface area contributed by atoms with Gasteiger partial charge in [-0.1, -0.05) is 24.3 Å². The fourth-order valence-electron chi connectivity index (χ4n) is 2.43. The minimum Gasteiger partial charge on any atom is -0.454 e. The van der Waals surface area contributed by atoms with Crippen molar-refractivity contribution in [2.75, 3.05) is 6.73 Å². The highest BCUT2D eigenvalue weighted by Gasteiger charge is 2.32. The average molecular weight is 362 g/mol. The van der Waals surface area contributed by atoms with Crippen LogP contribution in [0.15, 0.2) is 54.9 Å². The number of aliphatic hydroxyl groups excluding tert-OH is 1. The van der Waals surface area contributed by atoms with E-state index in [1.807, 2.05) is 6.07 Å². The molecule has 0 bridgehead atoms. The highest BCUT2D eigenvalue weighted by molar-refractivity contribution is 5.97. The van der Waals surface area contributed by atoms with E-state index in [0.717, 1.165) is 17.5 Å². The molecule has 1 amide bonds. The minimum absolute atomic E-state index is 0.0814. The van der Waals surface area contributed by atoms with E-state index in [2.05, 4.69) is 10.3 Å². The van der Waals surface area contributed by atoms with Gasteiger partial charge in [-0.05, 0) is 18.2 Å². The monoisotopic (exact) mass is 362 g/mol. The molecule has 0 aliphatic rings. The lowest BCUT2D eigenvalue weighted by Crippen LogP contribution is -2.25. The van der Waals surface area contributed by atoms with E-state index in [1.54, 1.807) is 24.4 Å². The van der Waals surface area contributed by atoms with Crippen LogP contribution in [0.25, 0.3) is 10.8 Å². The normalized spacial score (nSPS) is 11.4. The zero-order valence-corrected chi connectivity index (χ0v) is 13.2. The summed E-state index contributed by atoms with van der Waals surface area (Å²) in [6.45, 7) is -0.718. The number of benzene rings is 2. The molecular weight excluding hydrogens is 349 g/mol. The predicted molar refractivity (Wildman–Crippen MR) is 87.8 cm³/mol. The van der Waals surface area contributed by atoms with Crippen LogP contribution >= 0.6 is 0 Å². The lowest BCUT2D eigenvalue weighted by molar-refractivity contribution is -0.137. The molecule has 3 rings (SSSR count). The second-order valence-corrected chi connectivity index (χ2v) is 5.33. The van der Waals surface area contributed by atoms with Gasteiger partial charge in [0.15, 0.2) is 5.75 Å². The van der Waals surface area contributed by atoms with Gasteiger partial charge in [-0.15, -0.1) is 0 Å². The summed E-state index contributed by atoms with van der Waals surface area (Å²) in [4.78, 5) is 16.1. The van der Waals surface area contributed by atoms with E-state index < -0.39 is 24.4 Å². The first-order valence-corrected chi connectivity index (χ1v) is 7.51. The summed E-state index contributed by atoms with van der Waals surface area (Å²) in [7, 11) is 0. The molecule has 0 atom stereocenters. The number of fused-ring (bicyclic) bond motifs is 1. The van der Waals surface area contributed by atoms with E-state index in [4.69, 9.17) is 9.84 Å². The number of carbonyl (C=O) groups is 1. The number of aromatic nitrogens is 1. The number of carbonyl (C=O) groups excluding carboxylic acids is 1. The Bertz CT molecular complexity index is 953. The SMILES string of the molecule is O=C(NCO)c1cc(C(F)(F)F)ccc1Oc1cncc2ccccc12. The Balaban J connectivity index is 2.07. The molecule has 5 nitrogen and oxygen atoms in total. The van der Waals surface area contributed by atoms with Crippen LogP contribution in [0.1, 0.15) is 15.9 Å². The van der Waals surface area contributed by atoms with Crippen LogP contribution in [0.2, 0.25) is 0 Å². The van der Waals surface area contributed by atoms with Gasteiger partial charge in [0.1, 0.15) is 12.5 Å². The number of hydrogen-bond acceptors (Lipinski definition) is 4. The van der Waals surface area contributed by atoms with Gasteiger partial charge >= 0.3 is 6.18 Å². The molecule has 134 valence electrons. The van der Waals surface area contributed by atoms with E-state index in [-0.39, 0.29) is 11.3 Å². The Morgan fingerprint density at radius 2 is 1.88 bits per heavy atom. The quantitative estimate of drug-likeness (QED) is 0.694. The Labute approximate surface area is 146 Å². The van der Waals surface area contributed by atoms with Crippen molar-refractivity contribution in [3.63, 3.8) is 0 Å². The number of nitrogens with zero attached hydrogens (tertiary/aromatic N) is 1.